The van der Waals surface area contributed by atoms with Gasteiger partial charge < -0.3 is 21.1 Å². The molecule has 3 aromatic rings. The summed E-state index contributed by atoms with van der Waals surface area (Å²) in [4.78, 5) is 19.6. The van der Waals surface area contributed by atoms with Gasteiger partial charge in [0.15, 0.2) is 5.17 Å². The van der Waals surface area contributed by atoms with Crippen LogP contribution in [0.3, 0.4) is 0 Å². The Morgan fingerprint density at radius 3 is 2.25 bits per heavy atom. The number of aromatic nitrogens is 2. The van der Waals surface area contributed by atoms with Gasteiger partial charge in [-0.3, -0.25) is 10.2 Å². The molecule has 3 rings (SSSR count). The van der Waals surface area contributed by atoms with E-state index in [0.29, 0.717) is 22.5 Å². The van der Waals surface area contributed by atoms with Crippen LogP contribution in [0.2, 0.25) is 0 Å². The molecule has 0 amide bonds. The zero-order chi connectivity index (χ0) is 33.0. The van der Waals surface area contributed by atoms with E-state index in [1.54, 1.807) is 0 Å². The monoisotopic (exact) mass is 647 g/mol. The molecule has 0 saturated heterocycles. The van der Waals surface area contributed by atoms with Crippen molar-refractivity contribution in [3.8, 4) is 11.3 Å². The van der Waals surface area contributed by atoms with Gasteiger partial charge in [-0.25, -0.2) is 27.1 Å². The number of nitrogens with two attached hydrogens (primary N) is 1. The van der Waals surface area contributed by atoms with E-state index in [1.165, 1.54) is 60.8 Å². The van der Waals surface area contributed by atoms with Crippen molar-refractivity contribution in [1.82, 2.24) is 9.97 Å². The van der Waals surface area contributed by atoms with Crippen LogP contribution in [0.25, 0.3) is 17.3 Å². The number of hydrogen-bond acceptors (Lipinski definition) is 9. The molecule has 6 N–H and O–H groups in total. The van der Waals surface area contributed by atoms with Crippen LogP contribution in [-0.4, -0.2) is 70.4 Å². The van der Waals surface area contributed by atoms with Crippen LogP contribution >= 0.6 is 11.8 Å². The molecular weight excluding hydrogens is 609 g/mol. The SMILES string of the molecule is CC(C)c1nc(N(C)S(C)(=O)=O)nc(-c2ccc(F)cc2)c1/C=C/[C@@H](O)C[C@@H](O)CC(=O)O.N=C(N)SCc1ccccc1. The number of rotatable bonds is 12. The minimum Gasteiger partial charge on any atom is -0.481 e. The summed E-state index contributed by atoms with van der Waals surface area (Å²) in [7, 11) is -2.33. The molecule has 0 radical (unpaired) electrons. The molecule has 0 aliphatic carbocycles. The van der Waals surface area contributed by atoms with E-state index >= 15 is 0 Å². The maximum absolute atomic E-state index is 13.5. The first-order valence-corrected chi connectivity index (χ1v) is 16.3. The van der Waals surface area contributed by atoms with Gasteiger partial charge in [-0.15, -0.1) is 0 Å². The van der Waals surface area contributed by atoms with Crippen molar-refractivity contribution >= 4 is 44.9 Å². The Hall–Kier alpha value is -3.85. The van der Waals surface area contributed by atoms with Gasteiger partial charge in [0.25, 0.3) is 0 Å². The summed E-state index contributed by atoms with van der Waals surface area (Å²) < 4.78 is 38.6. The molecule has 0 saturated carbocycles. The molecule has 0 unspecified atom stereocenters. The second-order valence-corrected chi connectivity index (χ2v) is 13.1. The van der Waals surface area contributed by atoms with E-state index in [9.17, 15) is 27.8 Å². The molecule has 44 heavy (non-hydrogen) atoms. The van der Waals surface area contributed by atoms with Gasteiger partial charge in [0.1, 0.15) is 5.82 Å². The Kier molecular flexibility index (Phi) is 13.9. The summed E-state index contributed by atoms with van der Waals surface area (Å²) in [5.41, 5.74) is 8.19. The van der Waals surface area contributed by atoms with Gasteiger partial charge >= 0.3 is 5.97 Å². The highest BCUT2D eigenvalue weighted by Crippen LogP contribution is 2.31. The Morgan fingerprint density at radius 1 is 1.11 bits per heavy atom. The Morgan fingerprint density at radius 2 is 1.73 bits per heavy atom. The lowest BCUT2D eigenvalue weighted by Crippen LogP contribution is -2.27. The Bertz CT molecular complexity index is 1540. The number of amidine groups is 1. The number of benzene rings is 2. The number of aliphatic carboxylic acids is 1. The number of carbonyl (C=O) groups is 1. The zero-order valence-electron chi connectivity index (χ0n) is 24.9. The van der Waals surface area contributed by atoms with Crippen LogP contribution in [0.4, 0.5) is 10.3 Å². The number of carboxylic acid groups (broad SMARTS) is 1. The Labute approximate surface area is 261 Å². The number of thioether (sulfide) groups is 1. The molecule has 0 spiro atoms. The van der Waals surface area contributed by atoms with Crippen LogP contribution < -0.4 is 10.0 Å². The van der Waals surface area contributed by atoms with Crippen molar-refractivity contribution in [3.63, 3.8) is 0 Å². The summed E-state index contributed by atoms with van der Waals surface area (Å²) in [5, 5.41) is 35.9. The average Bonchev–Trinajstić information content (AvgIpc) is 2.94. The number of carboxylic acids is 1. The normalized spacial score (nSPS) is 12.8. The van der Waals surface area contributed by atoms with Crippen LogP contribution in [0, 0.1) is 11.2 Å². The van der Waals surface area contributed by atoms with Crippen LogP contribution in [-0.2, 0) is 20.6 Å². The van der Waals surface area contributed by atoms with Crippen LogP contribution in [0.1, 0.15) is 49.4 Å². The van der Waals surface area contributed by atoms with E-state index in [1.807, 2.05) is 44.2 Å². The smallest absolute Gasteiger partial charge is 0.305 e. The van der Waals surface area contributed by atoms with Gasteiger partial charge in [-0.2, -0.15) is 0 Å². The number of sulfonamides is 1. The maximum Gasteiger partial charge on any atom is 0.305 e. The maximum atomic E-state index is 13.5. The van der Waals surface area contributed by atoms with Crippen molar-refractivity contribution < 1.29 is 32.9 Å². The van der Waals surface area contributed by atoms with Gasteiger partial charge in [0, 0.05) is 30.3 Å². The highest BCUT2D eigenvalue weighted by molar-refractivity contribution is 8.13. The molecule has 1 aromatic heterocycles. The lowest BCUT2D eigenvalue weighted by Gasteiger charge is -2.20. The topological polar surface area (TPSA) is 191 Å². The average molecular weight is 648 g/mol. The molecule has 238 valence electrons. The molecule has 0 bridgehead atoms. The molecule has 0 aliphatic rings. The lowest BCUT2D eigenvalue weighted by molar-refractivity contribution is -0.139. The molecular formula is C30H38FN5O6S2. The van der Waals surface area contributed by atoms with Gasteiger partial charge in [0.05, 0.1) is 36.3 Å². The second-order valence-electron chi connectivity index (χ2n) is 10.1. The van der Waals surface area contributed by atoms with Crippen molar-refractivity contribution in [1.29, 1.82) is 5.41 Å². The first-order valence-electron chi connectivity index (χ1n) is 13.5. The fraction of sp³-hybridized carbons (Fsp3) is 0.333. The third-order valence-electron chi connectivity index (χ3n) is 6.05. The van der Waals surface area contributed by atoms with Crippen molar-refractivity contribution in [2.75, 3.05) is 17.6 Å². The number of aliphatic hydroxyl groups is 2. The number of anilines is 1. The first kappa shape index (κ1) is 36.3. The molecule has 1 heterocycles. The van der Waals surface area contributed by atoms with E-state index in [2.05, 4.69) is 9.97 Å². The quantitative estimate of drug-likeness (QED) is 0.141. The van der Waals surface area contributed by atoms with E-state index < -0.39 is 40.4 Å². The first-order chi connectivity index (χ1) is 20.6. The standard InChI is InChI=1S/C22H28FN3O6S.C8H10N2S/c1-13(2)20-18(10-9-16(27)11-17(28)12-19(29)30)21(14-5-7-15(23)8-6-14)25-22(24-20)26(3)33(4,31)32;9-8(10)11-6-7-4-2-1-3-5-7/h5-10,13,16-17,27-28H,11-12H2,1-4H3,(H,29,30);1-5H,6H2,(H3,9,10)/b10-9+;/t16-,17-;/m1./s1. The fourth-order valence-corrected chi connectivity index (χ4v) is 4.67. The highest BCUT2D eigenvalue weighted by atomic mass is 32.2. The molecule has 0 fully saturated rings. The summed E-state index contributed by atoms with van der Waals surface area (Å²) in [6, 6.07) is 15.5. The number of halogens is 1. The predicted molar refractivity (Wildman–Crippen MR) is 172 cm³/mol. The van der Waals surface area contributed by atoms with Crippen LogP contribution in [0.15, 0.2) is 60.7 Å². The molecule has 11 nitrogen and oxygen atoms in total. The zero-order valence-corrected chi connectivity index (χ0v) is 26.5. The van der Waals surface area contributed by atoms with Gasteiger partial charge in [-0.1, -0.05) is 68.1 Å². The molecule has 2 aromatic carbocycles. The highest BCUT2D eigenvalue weighted by Gasteiger charge is 2.22. The summed E-state index contributed by atoms with van der Waals surface area (Å²) in [6.45, 7) is 3.71. The molecule has 14 heteroatoms. The van der Waals surface area contributed by atoms with E-state index in [0.717, 1.165) is 16.3 Å². The van der Waals surface area contributed by atoms with Crippen LogP contribution in [0.5, 0.6) is 0 Å². The Balaban J connectivity index is 0.000000514. The van der Waals surface area contributed by atoms with E-state index in [4.69, 9.17) is 16.2 Å². The number of nitrogens with one attached hydrogen (secondary N) is 1. The minimum atomic E-state index is -3.65. The summed E-state index contributed by atoms with van der Waals surface area (Å²) >= 11 is 1.35. The van der Waals surface area contributed by atoms with Crippen molar-refractivity contribution in [3.05, 3.63) is 83.3 Å². The van der Waals surface area contributed by atoms with Gasteiger partial charge in [-0.05, 0) is 35.7 Å². The lowest BCUT2D eigenvalue weighted by atomic mass is 9.97. The second kappa shape index (κ2) is 16.9. The summed E-state index contributed by atoms with van der Waals surface area (Å²) in [6.07, 6.45) is 0.860. The third-order valence-corrected chi connectivity index (χ3v) is 8.00. The largest absolute Gasteiger partial charge is 0.481 e. The van der Waals surface area contributed by atoms with Crippen molar-refractivity contribution in [2.24, 2.45) is 5.73 Å². The minimum absolute atomic E-state index is 0.0601. The predicted octanol–water partition coefficient (Wildman–Crippen LogP) is 4.21. The van der Waals surface area contributed by atoms with E-state index in [-0.39, 0.29) is 23.5 Å². The van der Waals surface area contributed by atoms with Gasteiger partial charge in [0.2, 0.25) is 16.0 Å². The summed E-state index contributed by atoms with van der Waals surface area (Å²) in [5.74, 6) is -1.08. The van der Waals surface area contributed by atoms with Crippen molar-refractivity contribution in [2.45, 2.75) is 50.6 Å². The third kappa shape index (κ3) is 12.0. The molecule has 0 aliphatic heterocycles. The fourth-order valence-electron chi connectivity index (χ4n) is 3.78. The molecule has 2 atom stereocenters. The number of hydrogen-bond donors (Lipinski definition) is 5. The number of aliphatic hydroxyl groups excluding tert-OH is 2. The number of nitrogens with zero attached hydrogens (tertiary/aromatic N) is 3.